The maximum absolute atomic E-state index is 12.5. The highest BCUT2D eigenvalue weighted by atomic mass is 35.5. The summed E-state index contributed by atoms with van der Waals surface area (Å²) in [5.41, 5.74) is 1.64. The second-order valence-electron chi connectivity index (χ2n) is 7.95. The summed E-state index contributed by atoms with van der Waals surface area (Å²) in [7, 11) is 0. The predicted molar refractivity (Wildman–Crippen MR) is 113 cm³/mol. The molecule has 1 aromatic carbocycles. The van der Waals surface area contributed by atoms with Crippen molar-refractivity contribution in [2.45, 2.75) is 57.2 Å². The molecule has 3 aliphatic rings. The van der Waals surface area contributed by atoms with Gasteiger partial charge in [-0.05, 0) is 51.1 Å². The van der Waals surface area contributed by atoms with E-state index >= 15 is 0 Å². The van der Waals surface area contributed by atoms with Crippen molar-refractivity contribution in [3.8, 4) is 0 Å². The first-order chi connectivity index (χ1) is 12.2. The average molecular weight is 415 g/mol. The summed E-state index contributed by atoms with van der Waals surface area (Å²) in [6, 6.07) is 11.2. The summed E-state index contributed by atoms with van der Waals surface area (Å²) in [5.74, 6) is 0.145. The maximum atomic E-state index is 12.5. The molecular formula is C21H32Cl2N2O2. The van der Waals surface area contributed by atoms with Crippen molar-refractivity contribution in [3.05, 3.63) is 35.9 Å². The van der Waals surface area contributed by atoms with E-state index in [1.807, 2.05) is 6.92 Å². The molecule has 0 radical (unpaired) electrons. The van der Waals surface area contributed by atoms with Gasteiger partial charge in [-0.15, -0.1) is 24.8 Å². The molecule has 3 fully saturated rings. The van der Waals surface area contributed by atoms with Crippen LogP contribution in [-0.2, 0) is 16.1 Å². The van der Waals surface area contributed by atoms with Crippen molar-refractivity contribution in [1.82, 2.24) is 9.80 Å². The normalized spacial score (nSPS) is 26.9. The van der Waals surface area contributed by atoms with Crippen molar-refractivity contribution in [2.24, 2.45) is 5.92 Å². The molecular weight excluding hydrogens is 383 g/mol. The third kappa shape index (κ3) is 4.45. The Morgan fingerprint density at radius 2 is 1.85 bits per heavy atom. The van der Waals surface area contributed by atoms with Gasteiger partial charge in [0.05, 0.1) is 12.5 Å². The minimum atomic E-state index is 0. The van der Waals surface area contributed by atoms with E-state index in [-0.39, 0.29) is 42.2 Å². The van der Waals surface area contributed by atoms with Crippen LogP contribution in [0.1, 0.15) is 44.6 Å². The lowest BCUT2D eigenvalue weighted by Gasteiger charge is -2.45. The van der Waals surface area contributed by atoms with Crippen LogP contribution >= 0.6 is 24.8 Å². The van der Waals surface area contributed by atoms with E-state index in [4.69, 9.17) is 4.74 Å². The Morgan fingerprint density at radius 1 is 1.15 bits per heavy atom. The minimum absolute atomic E-state index is 0. The van der Waals surface area contributed by atoms with Gasteiger partial charge in [0.2, 0.25) is 0 Å². The van der Waals surface area contributed by atoms with Crippen LogP contribution in [0.5, 0.6) is 0 Å². The number of carbonyl (C=O) groups is 1. The van der Waals surface area contributed by atoms with Crippen LogP contribution in [0.25, 0.3) is 0 Å². The molecule has 0 amide bonds. The fourth-order valence-electron chi connectivity index (χ4n) is 5.41. The van der Waals surface area contributed by atoms with Crippen LogP contribution in [0, 0.1) is 5.92 Å². The molecule has 1 spiro atoms. The van der Waals surface area contributed by atoms with Crippen molar-refractivity contribution >= 4 is 30.8 Å². The Morgan fingerprint density at radius 3 is 2.52 bits per heavy atom. The summed E-state index contributed by atoms with van der Waals surface area (Å²) >= 11 is 0. The van der Waals surface area contributed by atoms with Gasteiger partial charge in [0.1, 0.15) is 0 Å². The van der Waals surface area contributed by atoms with E-state index in [1.165, 1.54) is 37.8 Å². The zero-order chi connectivity index (χ0) is 17.3. The van der Waals surface area contributed by atoms with Gasteiger partial charge in [-0.1, -0.05) is 30.3 Å². The van der Waals surface area contributed by atoms with Crippen molar-refractivity contribution in [2.75, 3.05) is 26.2 Å². The standard InChI is InChI=1S/C21H30N2O2.2ClH/c1-2-25-20(24)18-15-21(23-12-6-9-19(18)23)10-13-22(14-11-21)16-17-7-4-3-5-8-17;;/h3-5,7-8,18-19H,2,6,9-16H2,1H3;2*1H. The molecule has 3 aliphatic heterocycles. The number of nitrogens with zero attached hydrogens (tertiary/aromatic N) is 2. The Bertz CT molecular complexity index is 605. The molecule has 0 bridgehead atoms. The molecule has 27 heavy (non-hydrogen) atoms. The predicted octanol–water partition coefficient (Wildman–Crippen LogP) is 3.91. The first kappa shape index (κ1) is 22.5. The number of hydrogen-bond acceptors (Lipinski definition) is 4. The largest absolute Gasteiger partial charge is 0.466 e. The molecule has 4 rings (SSSR count). The number of rotatable bonds is 4. The highest BCUT2D eigenvalue weighted by molar-refractivity contribution is 5.85. The number of fused-ring (bicyclic) bond motifs is 2. The third-order valence-corrected chi connectivity index (χ3v) is 6.60. The fourth-order valence-corrected chi connectivity index (χ4v) is 5.41. The Balaban J connectivity index is 0.00000131. The lowest BCUT2D eigenvalue weighted by Crippen LogP contribution is -2.52. The molecule has 0 aliphatic carbocycles. The molecule has 3 saturated heterocycles. The quantitative estimate of drug-likeness (QED) is 0.699. The van der Waals surface area contributed by atoms with Gasteiger partial charge < -0.3 is 4.74 Å². The van der Waals surface area contributed by atoms with Crippen LogP contribution in [0.15, 0.2) is 30.3 Å². The van der Waals surface area contributed by atoms with Crippen LogP contribution in [0.4, 0.5) is 0 Å². The Kier molecular flexibility index (Phi) is 7.99. The van der Waals surface area contributed by atoms with E-state index in [2.05, 4.69) is 40.1 Å². The molecule has 6 heteroatoms. The lowest BCUT2D eigenvalue weighted by molar-refractivity contribution is -0.148. The molecule has 2 atom stereocenters. The van der Waals surface area contributed by atoms with E-state index < -0.39 is 0 Å². The van der Waals surface area contributed by atoms with E-state index in [1.54, 1.807) is 0 Å². The minimum Gasteiger partial charge on any atom is -0.466 e. The molecule has 3 heterocycles. The number of esters is 1. The van der Waals surface area contributed by atoms with Gasteiger partial charge in [0.15, 0.2) is 0 Å². The number of hydrogen-bond donors (Lipinski definition) is 0. The number of carbonyl (C=O) groups excluding carboxylic acids is 1. The Labute approximate surface area is 175 Å². The molecule has 4 nitrogen and oxygen atoms in total. The van der Waals surface area contributed by atoms with Crippen molar-refractivity contribution < 1.29 is 9.53 Å². The third-order valence-electron chi connectivity index (χ3n) is 6.60. The number of benzene rings is 1. The summed E-state index contributed by atoms with van der Waals surface area (Å²) in [5, 5.41) is 0. The van der Waals surface area contributed by atoms with E-state index in [9.17, 15) is 4.79 Å². The molecule has 1 aromatic rings. The number of halogens is 2. The van der Waals surface area contributed by atoms with Crippen molar-refractivity contribution in [1.29, 1.82) is 0 Å². The van der Waals surface area contributed by atoms with Gasteiger partial charge in [0.25, 0.3) is 0 Å². The van der Waals surface area contributed by atoms with Gasteiger partial charge in [0, 0.05) is 31.2 Å². The van der Waals surface area contributed by atoms with Crippen LogP contribution < -0.4 is 0 Å². The van der Waals surface area contributed by atoms with Gasteiger partial charge in [-0.25, -0.2) is 0 Å². The Hall–Kier alpha value is -0.810. The SMILES string of the molecule is CCOC(=O)C1CC2(CCN(Cc3ccccc3)CC2)N2CCCC12.Cl.Cl. The maximum Gasteiger partial charge on any atom is 0.310 e. The number of ether oxygens (including phenoxy) is 1. The zero-order valence-corrected chi connectivity index (χ0v) is 17.8. The van der Waals surface area contributed by atoms with E-state index in [0.717, 1.165) is 26.1 Å². The number of likely N-dealkylation sites (tertiary alicyclic amines) is 1. The lowest BCUT2D eigenvalue weighted by atomic mass is 9.81. The summed E-state index contributed by atoms with van der Waals surface area (Å²) < 4.78 is 5.39. The molecule has 152 valence electrons. The second-order valence-corrected chi connectivity index (χ2v) is 7.95. The summed E-state index contributed by atoms with van der Waals surface area (Å²) in [6.45, 7) is 6.89. The van der Waals surface area contributed by atoms with Crippen molar-refractivity contribution in [3.63, 3.8) is 0 Å². The van der Waals surface area contributed by atoms with Crippen LogP contribution in [0.3, 0.4) is 0 Å². The number of piperidine rings is 1. The average Bonchev–Trinajstić information content (AvgIpc) is 3.22. The molecule has 2 unspecified atom stereocenters. The van der Waals surface area contributed by atoms with E-state index in [0.29, 0.717) is 12.6 Å². The first-order valence-electron chi connectivity index (χ1n) is 9.91. The molecule has 0 N–H and O–H groups in total. The van der Waals surface area contributed by atoms with Gasteiger partial charge in [-0.2, -0.15) is 0 Å². The molecule has 0 saturated carbocycles. The highest BCUT2D eigenvalue weighted by Crippen LogP contribution is 2.49. The first-order valence-corrected chi connectivity index (χ1v) is 9.91. The monoisotopic (exact) mass is 414 g/mol. The smallest absolute Gasteiger partial charge is 0.310 e. The molecule has 0 aromatic heterocycles. The topological polar surface area (TPSA) is 32.8 Å². The summed E-state index contributed by atoms with van der Waals surface area (Å²) in [6.07, 6.45) is 5.78. The van der Waals surface area contributed by atoms with Gasteiger partial charge in [-0.3, -0.25) is 14.6 Å². The fraction of sp³-hybridized carbons (Fsp3) is 0.667. The van der Waals surface area contributed by atoms with Crippen LogP contribution in [-0.4, -0.2) is 53.6 Å². The second kappa shape index (κ2) is 9.60. The summed E-state index contributed by atoms with van der Waals surface area (Å²) in [4.78, 5) is 17.7. The zero-order valence-electron chi connectivity index (χ0n) is 16.1. The van der Waals surface area contributed by atoms with Gasteiger partial charge >= 0.3 is 5.97 Å². The van der Waals surface area contributed by atoms with Crippen LogP contribution in [0.2, 0.25) is 0 Å². The highest BCUT2D eigenvalue weighted by Gasteiger charge is 2.56.